The molecule has 0 aliphatic heterocycles. The van der Waals surface area contributed by atoms with Crippen molar-refractivity contribution in [2.75, 3.05) is 12.8 Å². The SMILES string of the molecule is COc1cccc(-c2nc(Cl)c(N)c(Cl)n2)c1. The van der Waals surface area contributed by atoms with Crippen molar-refractivity contribution in [3.63, 3.8) is 0 Å². The Morgan fingerprint density at radius 2 is 1.82 bits per heavy atom. The normalized spacial score (nSPS) is 10.3. The summed E-state index contributed by atoms with van der Waals surface area (Å²) in [4.78, 5) is 8.14. The molecule has 1 aromatic carbocycles. The molecule has 0 spiro atoms. The van der Waals surface area contributed by atoms with Crippen molar-refractivity contribution in [3.8, 4) is 17.1 Å². The van der Waals surface area contributed by atoms with E-state index in [0.29, 0.717) is 11.6 Å². The maximum Gasteiger partial charge on any atom is 0.162 e. The summed E-state index contributed by atoms with van der Waals surface area (Å²) in [6.45, 7) is 0. The second-order valence-electron chi connectivity index (χ2n) is 3.27. The van der Waals surface area contributed by atoms with E-state index in [0.717, 1.165) is 5.56 Å². The van der Waals surface area contributed by atoms with Crippen molar-refractivity contribution in [1.82, 2.24) is 9.97 Å². The largest absolute Gasteiger partial charge is 0.497 e. The van der Waals surface area contributed by atoms with Crippen LogP contribution in [0, 0.1) is 0 Å². The average Bonchev–Trinajstić information content (AvgIpc) is 2.35. The zero-order valence-electron chi connectivity index (χ0n) is 8.95. The molecule has 1 aromatic heterocycles. The van der Waals surface area contributed by atoms with E-state index in [4.69, 9.17) is 33.7 Å². The van der Waals surface area contributed by atoms with E-state index in [1.165, 1.54) is 0 Å². The van der Waals surface area contributed by atoms with E-state index in [2.05, 4.69) is 9.97 Å². The molecule has 0 fully saturated rings. The van der Waals surface area contributed by atoms with Crippen LogP contribution in [0.1, 0.15) is 0 Å². The zero-order chi connectivity index (χ0) is 12.4. The lowest BCUT2D eigenvalue weighted by Crippen LogP contribution is -1.97. The number of nitrogen functional groups attached to an aromatic ring is 1. The Morgan fingerprint density at radius 1 is 1.18 bits per heavy atom. The minimum atomic E-state index is 0.141. The molecule has 2 N–H and O–H groups in total. The lowest BCUT2D eigenvalue weighted by Gasteiger charge is -2.06. The smallest absolute Gasteiger partial charge is 0.162 e. The Labute approximate surface area is 108 Å². The van der Waals surface area contributed by atoms with Gasteiger partial charge in [-0.05, 0) is 12.1 Å². The molecule has 0 saturated heterocycles. The van der Waals surface area contributed by atoms with Gasteiger partial charge in [0, 0.05) is 5.56 Å². The number of rotatable bonds is 2. The number of nitrogens with two attached hydrogens (primary N) is 1. The van der Waals surface area contributed by atoms with Gasteiger partial charge >= 0.3 is 0 Å². The summed E-state index contributed by atoms with van der Waals surface area (Å²) in [5.41, 5.74) is 6.51. The molecule has 2 rings (SSSR count). The second kappa shape index (κ2) is 4.77. The zero-order valence-corrected chi connectivity index (χ0v) is 10.5. The van der Waals surface area contributed by atoms with Crippen molar-refractivity contribution in [1.29, 1.82) is 0 Å². The van der Waals surface area contributed by atoms with E-state index in [-0.39, 0.29) is 16.0 Å². The first kappa shape index (κ1) is 12.0. The van der Waals surface area contributed by atoms with E-state index in [9.17, 15) is 0 Å². The monoisotopic (exact) mass is 269 g/mol. The summed E-state index contributed by atoms with van der Waals surface area (Å²) < 4.78 is 5.11. The molecule has 2 aromatic rings. The average molecular weight is 270 g/mol. The number of nitrogens with zero attached hydrogens (tertiary/aromatic N) is 2. The molecule has 0 amide bonds. The Morgan fingerprint density at radius 3 is 2.41 bits per heavy atom. The predicted octanol–water partition coefficient (Wildman–Crippen LogP) is 3.04. The van der Waals surface area contributed by atoms with Gasteiger partial charge in [-0.3, -0.25) is 0 Å². The molecule has 6 heteroatoms. The number of hydrogen-bond acceptors (Lipinski definition) is 4. The first-order valence-corrected chi connectivity index (χ1v) is 5.50. The van der Waals surface area contributed by atoms with Gasteiger partial charge in [0.25, 0.3) is 0 Å². The minimum absolute atomic E-state index is 0.141. The van der Waals surface area contributed by atoms with E-state index in [1.54, 1.807) is 13.2 Å². The number of methoxy groups -OCH3 is 1. The van der Waals surface area contributed by atoms with Crippen LogP contribution in [-0.2, 0) is 0 Å². The van der Waals surface area contributed by atoms with Crippen LogP contribution in [0.3, 0.4) is 0 Å². The van der Waals surface area contributed by atoms with Crippen molar-refractivity contribution in [2.45, 2.75) is 0 Å². The van der Waals surface area contributed by atoms with Crippen LogP contribution in [0.2, 0.25) is 10.3 Å². The molecule has 0 saturated carbocycles. The fourth-order valence-corrected chi connectivity index (χ4v) is 1.70. The highest BCUT2D eigenvalue weighted by molar-refractivity contribution is 6.37. The predicted molar refractivity (Wildman–Crippen MR) is 68.5 cm³/mol. The van der Waals surface area contributed by atoms with Gasteiger partial charge < -0.3 is 10.5 Å². The van der Waals surface area contributed by atoms with Crippen molar-refractivity contribution in [3.05, 3.63) is 34.6 Å². The highest BCUT2D eigenvalue weighted by atomic mass is 35.5. The molecule has 0 atom stereocenters. The highest BCUT2D eigenvalue weighted by Gasteiger charge is 2.10. The van der Waals surface area contributed by atoms with Gasteiger partial charge in [0.15, 0.2) is 16.1 Å². The third-order valence-corrected chi connectivity index (χ3v) is 2.76. The number of ether oxygens (including phenoxy) is 1. The number of halogens is 2. The van der Waals surface area contributed by atoms with Gasteiger partial charge in [0.05, 0.1) is 7.11 Å². The maximum absolute atomic E-state index is 5.85. The van der Waals surface area contributed by atoms with Crippen molar-refractivity contribution < 1.29 is 4.74 Å². The summed E-state index contributed by atoms with van der Waals surface area (Å²) in [6.07, 6.45) is 0. The molecular weight excluding hydrogens is 261 g/mol. The summed E-state index contributed by atoms with van der Waals surface area (Å²) >= 11 is 11.7. The van der Waals surface area contributed by atoms with Gasteiger partial charge in [0.2, 0.25) is 0 Å². The van der Waals surface area contributed by atoms with E-state index >= 15 is 0 Å². The molecule has 88 valence electrons. The van der Waals surface area contributed by atoms with Crippen LogP contribution in [0.25, 0.3) is 11.4 Å². The third-order valence-electron chi connectivity index (χ3n) is 2.18. The lowest BCUT2D eigenvalue weighted by molar-refractivity contribution is 0.415. The molecular formula is C11H9Cl2N3O. The number of aromatic nitrogens is 2. The first-order valence-electron chi connectivity index (χ1n) is 4.74. The van der Waals surface area contributed by atoms with E-state index < -0.39 is 0 Å². The molecule has 0 unspecified atom stereocenters. The van der Waals surface area contributed by atoms with Crippen molar-refractivity contribution in [2.24, 2.45) is 0 Å². The number of hydrogen-bond donors (Lipinski definition) is 1. The molecule has 0 aliphatic rings. The fraction of sp³-hybridized carbons (Fsp3) is 0.0909. The van der Waals surface area contributed by atoms with Gasteiger partial charge in [-0.2, -0.15) is 0 Å². The molecule has 17 heavy (non-hydrogen) atoms. The first-order chi connectivity index (χ1) is 8.11. The summed E-state index contributed by atoms with van der Waals surface area (Å²) in [7, 11) is 1.59. The minimum Gasteiger partial charge on any atom is -0.497 e. The van der Waals surface area contributed by atoms with Crippen LogP contribution in [0.4, 0.5) is 5.69 Å². The summed E-state index contributed by atoms with van der Waals surface area (Å²) in [6, 6.07) is 7.28. The summed E-state index contributed by atoms with van der Waals surface area (Å²) in [5.74, 6) is 1.11. The van der Waals surface area contributed by atoms with Gasteiger partial charge in [-0.1, -0.05) is 35.3 Å². The third kappa shape index (κ3) is 2.43. The van der Waals surface area contributed by atoms with Gasteiger partial charge in [-0.25, -0.2) is 9.97 Å². The van der Waals surface area contributed by atoms with Crippen LogP contribution in [0.5, 0.6) is 5.75 Å². The van der Waals surface area contributed by atoms with Gasteiger partial charge in [-0.15, -0.1) is 0 Å². The maximum atomic E-state index is 5.85. The lowest BCUT2D eigenvalue weighted by atomic mass is 10.2. The Hall–Kier alpha value is -1.52. The van der Waals surface area contributed by atoms with Crippen LogP contribution >= 0.6 is 23.2 Å². The Balaban J connectivity index is 2.52. The molecule has 1 heterocycles. The van der Waals surface area contributed by atoms with Gasteiger partial charge in [0.1, 0.15) is 11.4 Å². The van der Waals surface area contributed by atoms with Crippen LogP contribution < -0.4 is 10.5 Å². The molecule has 0 aliphatic carbocycles. The van der Waals surface area contributed by atoms with E-state index in [1.807, 2.05) is 18.2 Å². The van der Waals surface area contributed by atoms with Crippen molar-refractivity contribution >= 4 is 28.9 Å². The number of benzene rings is 1. The quantitative estimate of drug-likeness (QED) is 0.852. The Bertz CT molecular complexity index is 537. The Kier molecular flexibility index (Phi) is 3.36. The summed E-state index contributed by atoms with van der Waals surface area (Å²) in [5, 5.41) is 0.283. The fourth-order valence-electron chi connectivity index (χ4n) is 1.31. The molecule has 0 radical (unpaired) electrons. The second-order valence-corrected chi connectivity index (χ2v) is 3.99. The van der Waals surface area contributed by atoms with Crippen LogP contribution in [0.15, 0.2) is 24.3 Å². The topological polar surface area (TPSA) is 61.0 Å². The van der Waals surface area contributed by atoms with Crippen LogP contribution in [-0.4, -0.2) is 17.1 Å². The highest BCUT2D eigenvalue weighted by Crippen LogP contribution is 2.28. The molecule has 4 nitrogen and oxygen atoms in total. The standard InChI is InChI=1S/C11H9Cl2N3O/c1-17-7-4-2-3-6(5-7)11-15-9(12)8(14)10(13)16-11/h2-5H,14H2,1H3. The number of anilines is 1. The molecule has 0 bridgehead atoms.